The molecule has 80 valence electrons. The van der Waals surface area contributed by atoms with Crippen LogP contribution in [-0.4, -0.2) is 13.7 Å². The highest BCUT2D eigenvalue weighted by atomic mass is 32.2. The molecule has 15 heavy (non-hydrogen) atoms. The predicted octanol–water partition coefficient (Wildman–Crippen LogP) is 2.50. The summed E-state index contributed by atoms with van der Waals surface area (Å²) in [5.41, 5.74) is 1.07. The Kier molecular flexibility index (Phi) is 1.93. The maximum absolute atomic E-state index is 12.2. The monoisotopic (exact) mass is 222 g/mol. The molecule has 0 spiro atoms. The summed E-state index contributed by atoms with van der Waals surface area (Å²) in [6.45, 7) is 0. The normalized spacial score (nSPS) is 32.0. The number of fused-ring (bicyclic) bond motifs is 3. The van der Waals surface area contributed by atoms with E-state index in [1.165, 1.54) is 6.42 Å². The van der Waals surface area contributed by atoms with Crippen molar-refractivity contribution in [3.63, 3.8) is 0 Å². The molecule has 1 aromatic carbocycles. The standard InChI is InChI=1S/C12H14O2S/c13-15(14)11-7-3-1-5-9(11)10-6-2-4-8-12(10)15/h1,3,5,7,10,12H,2,4,6,8H2/t10-,12+/m0/s1. The van der Waals surface area contributed by atoms with E-state index in [-0.39, 0.29) is 11.2 Å². The summed E-state index contributed by atoms with van der Waals surface area (Å²) >= 11 is 0. The molecule has 0 bridgehead atoms. The summed E-state index contributed by atoms with van der Waals surface area (Å²) < 4.78 is 24.4. The van der Waals surface area contributed by atoms with Crippen molar-refractivity contribution in [3.8, 4) is 0 Å². The van der Waals surface area contributed by atoms with Crippen LogP contribution in [0, 0.1) is 0 Å². The maximum Gasteiger partial charge on any atom is 0.182 e. The fourth-order valence-corrected chi connectivity index (χ4v) is 5.37. The Bertz CT molecular complexity index is 490. The van der Waals surface area contributed by atoms with Gasteiger partial charge in [-0.1, -0.05) is 31.0 Å². The van der Waals surface area contributed by atoms with E-state index in [1.807, 2.05) is 18.2 Å². The van der Waals surface area contributed by atoms with Crippen LogP contribution in [0.15, 0.2) is 29.2 Å². The lowest BCUT2D eigenvalue weighted by Crippen LogP contribution is -2.24. The molecule has 1 aliphatic carbocycles. The molecule has 0 N–H and O–H groups in total. The zero-order chi connectivity index (χ0) is 10.5. The summed E-state index contributed by atoms with van der Waals surface area (Å²) in [6, 6.07) is 7.53. The topological polar surface area (TPSA) is 34.1 Å². The highest BCUT2D eigenvalue weighted by molar-refractivity contribution is 7.92. The van der Waals surface area contributed by atoms with Crippen LogP contribution < -0.4 is 0 Å². The molecule has 1 fully saturated rings. The van der Waals surface area contributed by atoms with Gasteiger partial charge < -0.3 is 0 Å². The van der Waals surface area contributed by atoms with E-state index >= 15 is 0 Å². The number of hydrogen-bond acceptors (Lipinski definition) is 2. The fraction of sp³-hybridized carbons (Fsp3) is 0.500. The first kappa shape index (κ1) is 9.40. The molecular formula is C12H14O2S. The highest BCUT2D eigenvalue weighted by Gasteiger charge is 2.45. The highest BCUT2D eigenvalue weighted by Crippen LogP contribution is 2.47. The number of hydrogen-bond donors (Lipinski definition) is 0. The molecule has 0 amide bonds. The van der Waals surface area contributed by atoms with Gasteiger partial charge in [-0.2, -0.15) is 0 Å². The molecule has 1 saturated carbocycles. The van der Waals surface area contributed by atoms with Crippen LogP contribution in [0.2, 0.25) is 0 Å². The van der Waals surface area contributed by atoms with E-state index in [2.05, 4.69) is 0 Å². The summed E-state index contributed by atoms with van der Waals surface area (Å²) in [6.07, 6.45) is 4.13. The summed E-state index contributed by atoms with van der Waals surface area (Å²) in [5, 5.41) is -0.122. The first-order valence-corrected chi connectivity index (χ1v) is 7.09. The van der Waals surface area contributed by atoms with Crippen molar-refractivity contribution in [2.24, 2.45) is 0 Å². The Hall–Kier alpha value is -0.830. The molecule has 0 aromatic heterocycles. The molecule has 1 aliphatic heterocycles. The largest absolute Gasteiger partial charge is 0.223 e. The summed E-state index contributed by atoms with van der Waals surface area (Å²) in [5.74, 6) is 0.278. The first-order valence-electron chi connectivity index (χ1n) is 5.54. The van der Waals surface area contributed by atoms with Gasteiger partial charge >= 0.3 is 0 Å². The summed E-state index contributed by atoms with van der Waals surface area (Å²) in [7, 11) is -3.01. The third-order valence-electron chi connectivity index (χ3n) is 3.73. The SMILES string of the molecule is O=S1(=O)c2ccccc2[C@@H]2CCCC[C@H]21. The molecule has 0 radical (unpaired) electrons. The van der Waals surface area contributed by atoms with Gasteiger partial charge in [0.2, 0.25) is 0 Å². The van der Waals surface area contributed by atoms with Crippen molar-refractivity contribution < 1.29 is 8.42 Å². The average molecular weight is 222 g/mol. The minimum atomic E-state index is -3.01. The third kappa shape index (κ3) is 1.19. The zero-order valence-electron chi connectivity index (χ0n) is 8.52. The van der Waals surface area contributed by atoms with Gasteiger partial charge in [0.1, 0.15) is 0 Å². The van der Waals surface area contributed by atoms with Gasteiger partial charge in [-0.25, -0.2) is 8.42 Å². The van der Waals surface area contributed by atoms with Crippen molar-refractivity contribution in [1.29, 1.82) is 0 Å². The summed E-state index contributed by atoms with van der Waals surface area (Å²) in [4.78, 5) is 0.599. The van der Waals surface area contributed by atoms with Crippen LogP contribution in [0.1, 0.15) is 37.2 Å². The van der Waals surface area contributed by atoms with Gasteiger partial charge in [-0.15, -0.1) is 0 Å². The van der Waals surface area contributed by atoms with Gasteiger partial charge in [-0.05, 0) is 24.5 Å². The smallest absolute Gasteiger partial charge is 0.182 e. The Morgan fingerprint density at radius 3 is 2.67 bits per heavy atom. The van der Waals surface area contributed by atoms with Crippen LogP contribution in [0.3, 0.4) is 0 Å². The molecule has 2 atom stereocenters. The zero-order valence-corrected chi connectivity index (χ0v) is 9.33. The average Bonchev–Trinajstić information content (AvgIpc) is 2.51. The minimum absolute atomic E-state index is 0.122. The van der Waals surface area contributed by atoms with Crippen LogP contribution in [0.4, 0.5) is 0 Å². The van der Waals surface area contributed by atoms with E-state index < -0.39 is 9.84 Å². The predicted molar refractivity (Wildman–Crippen MR) is 58.6 cm³/mol. The maximum atomic E-state index is 12.2. The van der Waals surface area contributed by atoms with Crippen molar-refractivity contribution >= 4 is 9.84 Å². The lowest BCUT2D eigenvalue weighted by atomic mass is 9.84. The quantitative estimate of drug-likeness (QED) is 0.676. The molecule has 1 heterocycles. The van der Waals surface area contributed by atoms with E-state index in [0.29, 0.717) is 4.90 Å². The van der Waals surface area contributed by atoms with Crippen molar-refractivity contribution in [1.82, 2.24) is 0 Å². The van der Waals surface area contributed by atoms with Crippen LogP contribution in [0.25, 0.3) is 0 Å². The number of rotatable bonds is 0. The van der Waals surface area contributed by atoms with Crippen LogP contribution >= 0.6 is 0 Å². The molecular weight excluding hydrogens is 208 g/mol. The van der Waals surface area contributed by atoms with Crippen LogP contribution in [0.5, 0.6) is 0 Å². The van der Waals surface area contributed by atoms with Crippen molar-refractivity contribution in [2.75, 3.05) is 0 Å². The second-order valence-electron chi connectivity index (χ2n) is 4.51. The molecule has 3 rings (SSSR count). The van der Waals surface area contributed by atoms with Gasteiger partial charge in [0.05, 0.1) is 10.1 Å². The number of sulfone groups is 1. The van der Waals surface area contributed by atoms with Crippen LogP contribution in [-0.2, 0) is 9.84 Å². The van der Waals surface area contributed by atoms with E-state index in [1.54, 1.807) is 6.07 Å². The van der Waals surface area contributed by atoms with E-state index in [4.69, 9.17) is 0 Å². The third-order valence-corrected chi connectivity index (χ3v) is 6.07. The van der Waals surface area contributed by atoms with Gasteiger partial charge in [0.25, 0.3) is 0 Å². The molecule has 3 heteroatoms. The van der Waals surface area contributed by atoms with Crippen molar-refractivity contribution in [3.05, 3.63) is 29.8 Å². The molecule has 2 aliphatic rings. The second kappa shape index (κ2) is 3.08. The Morgan fingerprint density at radius 1 is 1.07 bits per heavy atom. The van der Waals surface area contributed by atoms with Crippen molar-refractivity contribution in [2.45, 2.75) is 41.7 Å². The minimum Gasteiger partial charge on any atom is -0.223 e. The molecule has 1 aromatic rings. The van der Waals surface area contributed by atoms with E-state index in [0.717, 1.165) is 24.8 Å². The van der Waals surface area contributed by atoms with E-state index in [9.17, 15) is 8.42 Å². The number of benzene rings is 1. The Morgan fingerprint density at radius 2 is 1.80 bits per heavy atom. The second-order valence-corrected chi connectivity index (χ2v) is 6.65. The molecule has 0 saturated heterocycles. The lowest BCUT2D eigenvalue weighted by Gasteiger charge is -2.23. The lowest BCUT2D eigenvalue weighted by molar-refractivity contribution is 0.446. The van der Waals surface area contributed by atoms with Gasteiger partial charge in [0, 0.05) is 5.92 Å². The molecule has 0 unspecified atom stereocenters. The van der Waals surface area contributed by atoms with Gasteiger partial charge in [-0.3, -0.25) is 0 Å². The first-order chi connectivity index (χ1) is 7.21. The Labute approximate surface area is 90.2 Å². The molecule has 2 nitrogen and oxygen atoms in total. The Balaban J connectivity index is 2.22. The fourth-order valence-electron chi connectivity index (χ4n) is 3.03. The van der Waals surface area contributed by atoms with Gasteiger partial charge in [0.15, 0.2) is 9.84 Å².